The topological polar surface area (TPSA) is 102 Å². The fourth-order valence-corrected chi connectivity index (χ4v) is 2.78. The number of nitrogens with zero attached hydrogens (tertiary/aromatic N) is 2. The van der Waals surface area contributed by atoms with Gasteiger partial charge in [-0.05, 0) is 48.0 Å². The summed E-state index contributed by atoms with van der Waals surface area (Å²) < 4.78 is 10.7. The largest absolute Gasteiger partial charge is 0.454 e. The first kappa shape index (κ1) is 19.8. The van der Waals surface area contributed by atoms with Crippen LogP contribution in [0.4, 0.5) is 0 Å². The van der Waals surface area contributed by atoms with Gasteiger partial charge >= 0.3 is 0 Å². The van der Waals surface area contributed by atoms with Gasteiger partial charge in [0.15, 0.2) is 11.5 Å². The van der Waals surface area contributed by atoms with Gasteiger partial charge in [-0.15, -0.1) is 0 Å². The summed E-state index contributed by atoms with van der Waals surface area (Å²) in [6, 6.07) is 19.2. The number of amides is 2. The van der Waals surface area contributed by atoms with Gasteiger partial charge in [-0.3, -0.25) is 14.6 Å². The second-order valence-electron chi connectivity index (χ2n) is 6.44. The van der Waals surface area contributed by atoms with Crippen LogP contribution < -0.4 is 20.2 Å². The van der Waals surface area contributed by atoms with Crippen molar-refractivity contribution in [2.75, 3.05) is 6.79 Å². The Balaban J connectivity index is 1.56. The fraction of sp³-hybridized carbons (Fsp3) is 0.0435. The van der Waals surface area contributed by atoms with E-state index in [1.807, 2.05) is 0 Å². The molecule has 0 bridgehead atoms. The second kappa shape index (κ2) is 9.36. The third-order valence-corrected chi connectivity index (χ3v) is 4.29. The predicted octanol–water partition coefficient (Wildman–Crippen LogP) is 2.73. The van der Waals surface area contributed by atoms with E-state index in [2.05, 4.69) is 20.8 Å². The van der Waals surface area contributed by atoms with Gasteiger partial charge in [0.05, 0.1) is 11.9 Å². The lowest BCUT2D eigenvalue weighted by atomic mass is 10.1. The molecule has 0 saturated carbocycles. The lowest BCUT2D eigenvalue weighted by molar-refractivity contribution is -0.117. The van der Waals surface area contributed by atoms with E-state index >= 15 is 0 Å². The SMILES string of the molecule is O=C(N/N=C/c1ccccn1)/C(=C\c1ccc2c(c1)OCO2)NC(=O)c1ccccc1. The first-order valence-electron chi connectivity index (χ1n) is 9.41. The molecule has 0 fully saturated rings. The molecule has 0 atom stereocenters. The summed E-state index contributed by atoms with van der Waals surface area (Å²) in [6.07, 6.45) is 4.57. The molecule has 1 aliphatic rings. The third kappa shape index (κ3) is 5.13. The number of hydrazone groups is 1. The van der Waals surface area contributed by atoms with Crippen molar-refractivity contribution >= 4 is 24.1 Å². The van der Waals surface area contributed by atoms with Crippen LogP contribution in [0, 0.1) is 0 Å². The average Bonchev–Trinajstić information content (AvgIpc) is 3.28. The van der Waals surface area contributed by atoms with Crippen LogP contribution in [0.25, 0.3) is 6.08 Å². The minimum absolute atomic E-state index is 0.0193. The lowest BCUT2D eigenvalue weighted by Crippen LogP contribution is -2.32. The van der Waals surface area contributed by atoms with Crippen molar-refractivity contribution in [3.8, 4) is 11.5 Å². The van der Waals surface area contributed by atoms with Crippen molar-refractivity contribution in [1.29, 1.82) is 0 Å². The Morgan fingerprint density at radius 2 is 1.77 bits per heavy atom. The predicted molar refractivity (Wildman–Crippen MR) is 114 cm³/mol. The Bertz CT molecular complexity index is 1140. The minimum atomic E-state index is -0.589. The molecular formula is C23H18N4O4. The van der Waals surface area contributed by atoms with Crippen molar-refractivity contribution in [3.05, 3.63) is 95.4 Å². The summed E-state index contributed by atoms with van der Waals surface area (Å²) in [7, 11) is 0. The summed E-state index contributed by atoms with van der Waals surface area (Å²) in [5.74, 6) is 0.179. The summed E-state index contributed by atoms with van der Waals surface area (Å²) in [6.45, 7) is 0.142. The molecule has 2 aromatic carbocycles. The molecule has 1 aliphatic heterocycles. The smallest absolute Gasteiger partial charge is 0.287 e. The van der Waals surface area contributed by atoms with Crippen LogP contribution >= 0.6 is 0 Å². The average molecular weight is 414 g/mol. The number of ether oxygens (including phenoxy) is 2. The van der Waals surface area contributed by atoms with Gasteiger partial charge in [-0.25, -0.2) is 5.43 Å². The highest BCUT2D eigenvalue weighted by Crippen LogP contribution is 2.33. The molecule has 0 saturated heterocycles. The van der Waals surface area contributed by atoms with E-state index in [0.29, 0.717) is 28.3 Å². The number of aromatic nitrogens is 1. The quantitative estimate of drug-likeness (QED) is 0.367. The Kier molecular flexibility index (Phi) is 5.99. The van der Waals surface area contributed by atoms with Crippen LogP contribution in [0.3, 0.4) is 0 Å². The molecule has 154 valence electrons. The van der Waals surface area contributed by atoms with Crippen molar-refractivity contribution in [1.82, 2.24) is 15.7 Å². The fourth-order valence-electron chi connectivity index (χ4n) is 2.78. The molecular weight excluding hydrogens is 396 g/mol. The van der Waals surface area contributed by atoms with E-state index in [1.54, 1.807) is 72.9 Å². The maximum absolute atomic E-state index is 12.8. The Labute approximate surface area is 178 Å². The highest BCUT2D eigenvalue weighted by atomic mass is 16.7. The summed E-state index contributed by atoms with van der Waals surface area (Å²) >= 11 is 0. The normalized spacial score (nSPS) is 12.6. The number of benzene rings is 2. The molecule has 0 radical (unpaired) electrons. The van der Waals surface area contributed by atoms with Crippen LogP contribution in [-0.4, -0.2) is 29.8 Å². The molecule has 3 aromatic rings. The zero-order valence-corrected chi connectivity index (χ0v) is 16.3. The van der Waals surface area contributed by atoms with Crippen molar-refractivity contribution in [2.24, 2.45) is 5.10 Å². The highest BCUT2D eigenvalue weighted by Gasteiger charge is 2.16. The molecule has 0 aliphatic carbocycles. The third-order valence-electron chi connectivity index (χ3n) is 4.29. The summed E-state index contributed by atoms with van der Waals surface area (Å²) in [4.78, 5) is 29.5. The first-order valence-corrected chi connectivity index (χ1v) is 9.41. The molecule has 8 nitrogen and oxygen atoms in total. The number of carbonyl (C=O) groups is 2. The van der Waals surface area contributed by atoms with Gasteiger partial charge in [0, 0.05) is 11.8 Å². The summed E-state index contributed by atoms with van der Waals surface area (Å²) in [5.41, 5.74) is 4.08. The van der Waals surface area contributed by atoms with Crippen LogP contribution in [0.15, 0.2) is 83.7 Å². The number of hydrogen-bond donors (Lipinski definition) is 2. The van der Waals surface area contributed by atoms with Gasteiger partial charge < -0.3 is 14.8 Å². The monoisotopic (exact) mass is 414 g/mol. The Morgan fingerprint density at radius 3 is 2.58 bits per heavy atom. The molecule has 2 heterocycles. The standard InChI is InChI=1S/C23H18N4O4/c28-22(17-6-2-1-3-7-17)26-19(12-16-9-10-20-21(13-16)31-15-30-20)23(29)27-25-14-18-8-4-5-11-24-18/h1-14H,15H2,(H,26,28)(H,27,29)/b19-12+,25-14+. The van der Waals surface area contributed by atoms with Gasteiger partial charge in [0.1, 0.15) is 5.70 Å². The highest BCUT2D eigenvalue weighted by molar-refractivity contribution is 6.05. The van der Waals surface area contributed by atoms with Crippen LogP contribution in [-0.2, 0) is 4.79 Å². The van der Waals surface area contributed by atoms with Crippen LogP contribution in [0.5, 0.6) is 11.5 Å². The number of rotatable bonds is 6. The number of fused-ring (bicyclic) bond motifs is 1. The van der Waals surface area contributed by atoms with Crippen molar-refractivity contribution in [2.45, 2.75) is 0 Å². The van der Waals surface area contributed by atoms with Gasteiger partial charge in [0.25, 0.3) is 11.8 Å². The molecule has 4 rings (SSSR count). The van der Waals surface area contributed by atoms with Gasteiger partial charge in [0.2, 0.25) is 6.79 Å². The van der Waals surface area contributed by atoms with Crippen LogP contribution in [0.2, 0.25) is 0 Å². The van der Waals surface area contributed by atoms with E-state index in [-0.39, 0.29) is 12.5 Å². The minimum Gasteiger partial charge on any atom is -0.454 e. The molecule has 0 spiro atoms. The molecule has 2 amide bonds. The van der Waals surface area contributed by atoms with E-state index in [0.717, 1.165) is 0 Å². The van der Waals surface area contributed by atoms with E-state index in [4.69, 9.17) is 9.47 Å². The number of nitrogens with one attached hydrogen (secondary N) is 2. The Morgan fingerprint density at radius 1 is 0.968 bits per heavy atom. The lowest BCUT2D eigenvalue weighted by Gasteiger charge is -2.09. The maximum atomic E-state index is 12.8. The molecule has 31 heavy (non-hydrogen) atoms. The zero-order valence-electron chi connectivity index (χ0n) is 16.3. The van der Waals surface area contributed by atoms with E-state index in [1.165, 1.54) is 12.3 Å². The Hall–Kier alpha value is -4.46. The maximum Gasteiger partial charge on any atom is 0.287 e. The van der Waals surface area contributed by atoms with E-state index in [9.17, 15) is 9.59 Å². The number of hydrogen-bond acceptors (Lipinski definition) is 6. The van der Waals surface area contributed by atoms with Crippen molar-refractivity contribution < 1.29 is 19.1 Å². The number of carbonyl (C=O) groups excluding carboxylic acids is 2. The molecule has 0 unspecified atom stereocenters. The molecule has 8 heteroatoms. The zero-order chi connectivity index (χ0) is 21.5. The molecule has 1 aromatic heterocycles. The van der Waals surface area contributed by atoms with Crippen LogP contribution in [0.1, 0.15) is 21.6 Å². The van der Waals surface area contributed by atoms with Crippen molar-refractivity contribution in [3.63, 3.8) is 0 Å². The van der Waals surface area contributed by atoms with E-state index < -0.39 is 11.8 Å². The first-order chi connectivity index (χ1) is 15.2. The number of pyridine rings is 1. The van der Waals surface area contributed by atoms with Gasteiger partial charge in [-0.1, -0.05) is 30.3 Å². The second-order valence-corrected chi connectivity index (χ2v) is 6.44. The summed E-state index contributed by atoms with van der Waals surface area (Å²) in [5, 5.41) is 6.56. The molecule has 2 N–H and O–H groups in total. The van der Waals surface area contributed by atoms with Gasteiger partial charge in [-0.2, -0.15) is 5.10 Å².